The molecule has 156 valence electrons. The molecule has 0 saturated carbocycles. The summed E-state index contributed by atoms with van der Waals surface area (Å²) >= 11 is 1.73. The molecule has 0 amide bonds. The van der Waals surface area contributed by atoms with Gasteiger partial charge in [-0.1, -0.05) is 44.2 Å². The first kappa shape index (κ1) is 24.8. The first-order chi connectivity index (χ1) is 13.0. The molecule has 28 heavy (non-hydrogen) atoms. The zero-order valence-electron chi connectivity index (χ0n) is 17.6. The van der Waals surface area contributed by atoms with Crippen molar-refractivity contribution >= 4 is 41.3 Å². The van der Waals surface area contributed by atoms with Crippen molar-refractivity contribution in [3.63, 3.8) is 0 Å². The number of thiazole rings is 1. The van der Waals surface area contributed by atoms with E-state index in [-0.39, 0.29) is 24.0 Å². The fourth-order valence-electron chi connectivity index (χ4n) is 2.71. The first-order valence-corrected chi connectivity index (χ1v) is 10.5. The van der Waals surface area contributed by atoms with Gasteiger partial charge >= 0.3 is 0 Å². The fourth-order valence-corrected chi connectivity index (χ4v) is 3.55. The smallest absolute Gasteiger partial charge is 0.191 e. The van der Waals surface area contributed by atoms with Crippen LogP contribution in [0.15, 0.2) is 40.7 Å². The molecule has 0 aliphatic heterocycles. The lowest BCUT2D eigenvalue weighted by Gasteiger charge is -2.25. The number of hydrogen-bond acceptors (Lipinski definition) is 4. The monoisotopic (exact) mass is 515 g/mol. The molecule has 1 aromatic carbocycles. The van der Waals surface area contributed by atoms with Crippen molar-refractivity contribution in [3.05, 3.63) is 52.0 Å². The number of nitrogens with one attached hydrogen (secondary N) is 2. The summed E-state index contributed by atoms with van der Waals surface area (Å²) in [6, 6.07) is 11.1. The fraction of sp³-hybridized carbons (Fsp3) is 0.524. The van der Waals surface area contributed by atoms with E-state index < -0.39 is 0 Å². The van der Waals surface area contributed by atoms with Crippen LogP contribution in [0, 0.1) is 0 Å². The van der Waals surface area contributed by atoms with Gasteiger partial charge in [0, 0.05) is 37.5 Å². The zero-order valence-corrected chi connectivity index (χ0v) is 20.8. The Bertz CT molecular complexity index is 702. The van der Waals surface area contributed by atoms with E-state index in [1.807, 2.05) is 0 Å². The van der Waals surface area contributed by atoms with Gasteiger partial charge < -0.3 is 10.6 Å². The maximum absolute atomic E-state index is 4.65. The highest BCUT2D eigenvalue weighted by molar-refractivity contribution is 14.0. The Balaban J connectivity index is 0.00000392. The van der Waals surface area contributed by atoms with E-state index in [4.69, 9.17) is 0 Å². The van der Waals surface area contributed by atoms with Gasteiger partial charge in [0.1, 0.15) is 0 Å². The predicted octanol–water partition coefficient (Wildman–Crippen LogP) is 4.46. The molecular formula is C21H34IN5S. The van der Waals surface area contributed by atoms with Gasteiger partial charge in [-0.25, -0.2) is 4.98 Å². The van der Waals surface area contributed by atoms with Crippen LogP contribution < -0.4 is 10.6 Å². The largest absolute Gasteiger partial charge is 0.356 e. The van der Waals surface area contributed by atoms with Crippen molar-refractivity contribution in [1.82, 2.24) is 20.5 Å². The molecule has 7 heteroatoms. The lowest BCUT2D eigenvalue weighted by atomic mass is 10.1. The number of rotatable bonds is 9. The van der Waals surface area contributed by atoms with Crippen LogP contribution in [0.25, 0.3) is 0 Å². The molecule has 1 aromatic heterocycles. The molecule has 1 heterocycles. The Morgan fingerprint density at radius 1 is 1.18 bits per heavy atom. The van der Waals surface area contributed by atoms with Gasteiger partial charge in [0.2, 0.25) is 0 Å². The summed E-state index contributed by atoms with van der Waals surface area (Å²) in [5.74, 6) is 1.31. The summed E-state index contributed by atoms with van der Waals surface area (Å²) < 4.78 is 0. The molecule has 1 atom stereocenters. The lowest BCUT2D eigenvalue weighted by molar-refractivity contribution is 0.238. The lowest BCUT2D eigenvalue weighted by Crippen LogP contribution is -2.39. The molecule has 2 aromatic rings. The zero-order chi connectivity index (χ0) is 19.6. The molecular weight excluding hydrogens is 481 g/mol. The highest BCUT2D eigenvalue weighted by Gasteiger charge is 2.10. The number of nitrogens with zero attached hydrogens (tertiary/aromatic N) is 3. The number of aromatic nitrogens is 1. The first-order valence-electron chi connectivity index (χ1n) is 9.62. The van der Waals surface area contributed by atoms with Gasteiger partial charge in [-0.15, -0.1) is 35.3 Å². The summed E-state index contributed by atoms with van der Waals surface area (Å²) in [5.41, 5.74) is 2.42. The van der Waals surface area contributed by atoms with E-state index in [1.165, 1.54) is 10.6 Å². The molecule has 0 fully saturated rings. The van der Waals surface area contributed by atoms with Crippen LogP contribution in [0.5, 0.6) is 0 Å². The molecule has 5 nitrogen and oxygen atoms in total. The van der Waals surface area contributed by atoms with Crippen LogP contribution in [0.2, 0.25) is 0 Å². The Labute approximate surface area is 191 Å². The minimum atomic E-state index is 0. The SMILES string of the molecule is CN=C(NCCC(C)N(C)Cc1ccccc1)NCc1csc(C(C)C)n1.I. The van der Waals surface area contributed by atoms with Gasteiger partial charge in [-0.3, -0.25) is 9.89 Å². The molecule has 0 aliphatic carbocycles. The van der Waals surface area contributed by atoms with Gasteiger partial charge in [-0.2, -0.15) is 0 Å². The quantitative estimate of drug-likeness (QED) is 0.294. The van der Waals surface area contributed by atoms with Crippen LogP contribution in [0.3, 0.4) is 0 Å². The van der Waals surface area contributed by atoms with Crippen molar-refractivity contribution in [2.24, 2.45) is 4.99 Å². The van der Waals surface area contributed by atoms with Crippen LogP contribution in [-0.2, 0) is 13.1 Å². The van der Waals surface area contributed by atoms with Crippen molar-refractivity contribution in [2.75, 3.05) is 20.6 Å². The maximum Gasteiger partial charge on any atom is 0.191 e. The normalized spacial score (nSPS) is 12.8. The topological polar surface area (TPSA) is 52.6 Å². The second-order valence-electron chi connectivity index (χ2n) is 7.22. The Kier molecular flexibility index (Phi) is 11.6. The molecule has 0 aliphatic rings. The average molecular weight is 516 g/mol. The molecule has 1 unspecified atom stereocenters. The molecule has 0 spiro atoms. The van der Waals surface area contributed by atoms with E-state index in [0.29, 0.717) is 18.5 Å². The van der Waals surface area contributed by atoms with Gasteiger partial charge in [0.15, 0.2) is 5.96 Å². The van der Waals surface area contributed by atoms with Gasteiger partial charge in [0.25, 0.3) is 0 Å². The minimum Gasteiger partial charge on any atom is -0.356 e. The maximum atomic E-state index is 4.65. The summed E-state index contributed by atoms with van der Waals surface area (Å²) in [6.07, 6.45) is 1.05. The third-order valence-electron chi connectivity index (χ3n) is 4.61. The molecule has 2 N–H and O–H groups in total. The Morgan fingerprint density at radius 3 is 2.50 bits per heavy atom. The van der Waals surface area contributed by atoms with E-state index >= 15 is 0 Å². The number of hydrogen-bond donors (Lipinski definition) is 2. The summed E-state index contributed by atoms with van der Waals surface area (Å²) in [7, 11) is 3.99. The van der Waals surface area contributed by atoms with Crippen LogP contribution >= 0.6 is 35.3 Å². The van der Waals surface area contributed by atoms with Crippen molar-refractivity contribution < 1.29 is 0 Å². The Morgan fingerprint density at radius 2 is 1.89 bits per heavy atom. The predicted molar refractivity (Wildman–Crippen MR) is 132 cm³/mol. The van der Waals surface area contributed by atoms with Crippen molar-refractivity contribution in [2.45, 2.75) is 52.2 Å². The summed E-state index contributed by atoms with van der Waals surface area (Å²) in [5, 5.41) is 10.1. The number of guanidine groups is 1. The standard InChI is InChI=1S/C21H33N5S.HI/c1-16(2)20-25-19(15-27-20)13-24-21(22-4)23-12-11-17(3)26(5)14-18-9-7-6-8-10-18;/h6-10,15-17H,11-14H2,1-5H3,(H2,22,23,24);1H. The Hall–Kier alpha value is -1.19. The van der Waals surface area contributed by atoms with E-state index in [0.717, 1.165) is 31.2 Å². The van der Waals surface area contributed by atoms with Crippen LogP contribution in [-0.4, -0.2) is 42.5 Å². The van der Waals surface area contributed by atoms with Crippen molar-refractivity contribution in [1.29, 1.82) is 0 Å². The second-order valence-corrected chi connectivity index (χ2v) is 8.11. The van der Waals surface area contributed by atoms with E-state index in [9.17, 15) is 0 Å². The average Bonchev–Trinajstić information content (AvgIpc) is 3.14. The number of halogens is 1. The highest BCUT2D eigenvalue weighted by Crippen LogP contribution is 2.18. The van der Waals surface area contributed by atoms with Gasteiger partial charge in [0.05, 0.1) is 17.2 Å². The van der Waals surface area contributed by atoms with Crippen molar-refractivity contribution in [3.8, 4) is 0 Å². The minimum absolute atomic E-state index is 0. The molecule has 2 rings (SSSR count). The third kappa shape index (κ3) is 8.45. The number of aliphatic imine (C=N–C) groups is 1. The molecule has 0 saturated heterocycles. The van der Waals surface area contributed by atoms with Crippen LogP contribution in [0.4, 0.5) is 0 Å². The van der Waals surface area contributed by atoms with E-state index in [2.05, 4.69) is 89.0 Å². The van der Waals surface area contributed by atoms with E-state index in [1.54, 1.807) is 18.4 Å². The second kappa shape index (κ2) is 13.1. The highest BCUT2D eigenvalue weighted by atomic mass is 127. The third-order valence-corrected chi connectivity index (χ3v) is 5.80. The number of benzene rings is 1. The van der Waals surface area contributed by atoms with Gasteiger partial charge in [-0.05, 0) is 26.0 Å². The summed E-state index contributed by atoms with van der Waals surface area (Å²) in [4.78, 5) is 11.3. The summed E-state index contributed by atoms with van der Waals surface area (Å²) in [6.45, 7) is 9.17. The molecule has 0 radical (unpaired) electrons. The molecule has 0 bridgehead atoms. The van der Waals surface area contributed by atoms with Crippen LogP contribution in [0.1, 0.15) is 49.4 Å².